The zero-order valence-corrected chi connectivity index (χ0v) is 12.7. The van der Waals surface area contributed by atoms with E-state index in [4.69, 9.17) is 0 Å². The van der Waals surface area contributed by atoms with Crippen LogP contribution in [0.3, 0.4) is 0 Å². The van der Waals surface area contributed by atoms with E-state index in [2.05, 4.69) is 11.6 Å². The molecule has 1 aromatic rings. The highest BCUT2D eigenvalue weighted by Crippen LogP contribution is 2.21. The highest BCUT2D eigenvalue weighted by atomic mass is 19.1. The van der Waals surface area contributed by atoms with E-state index in [1.165, 1.54) is 6.07 Å². The number of aliphatic imine (C=N–C) groups is 1. The molecule has 0 radical (unpaired) electrons. The molecule has 0 aliphatic carbocycles. The molecule has 0 spiro atoms. The number of nitrogens with zero attached hydrogens (tertiary/aromatic N) is 1. The van der Waals surface area contributed by atoms with E-state index in [1.54, 1.807) is 13.0 Å². The molecule has 0 N–H and O–H groups in total. The Balaban J connectivity index is 2.83. The van der Waals surface area contributed by atoms with Gasteiger partial charge in [0, 0.05) is 17.7 Å². The highest BCUT2D eigenvalue weighted by Gasteiger charge is 2.03. The summed E-state index contributed by atoms with van der Waals surface area (Å²) >= 11 is 0. The molecule has 1 aromatic carbocycles. The Hall–Kier alpha value is -1.96. The molecule has 0 aromatic heterocycles. The first-order valence-corrected chi connectivity index (χ1v) is 6.72. The smallest absolute Gasteiger partial charge is 0.128 e. The van der Waals surface area contributed by atoms with E-state index >= 15 is 0 Å². The summed E-state index contributed by atoms with van der Waals surface area (Å²) in [5, 5.41) is 0. The lowest BCUT2D eigenvalue weighted by molar-refractivity contribution is 0.619. The van der Waals surface area contributed by atoms with E-state index in [-0.39, 0.29) is 5.82 Å². The Kier molecular flexibility index (Phi) is 6.10. The van der Waals surface area contributed by atoms with Gasteiger partial charge in [-0.2, -0.15) is 0 Å². The van der Waals surface area contributed by atoms with Crippen molar-refractivity contribution in [2.75, 3.05) is 0 Å². The minimum absolute atomic E-state index is 0.221. The third-order valence-corrected chi connectivity index (χ3v) is 2.89. The Labute approximate surface area is 121 Å². The summed E-state index contributed by atoms with van der Waals surface area (Å²) in [6, 6.07) is 4.96. The highest BCUT2D eigenvalue weighted by molar-refractivity contribution is 5.87. The molecule has 106 valence electrons. The quantitative estimate of drug-likeness (QED) is 0.481. The van der Waals surface area contributed by atoms with Crippen LogP contribution >= 0.6 is 0 Å². The number of hydrogen-bond donors (Lipinski definition) is 0. The zero-order valence-electron chi connectivity index (χ0n) is 12.7. The molecule has 1 rings (SSSR count). The second-order valence-corrected chi connectivity index (χ2v) is 4.95. The van der Waals surface area contributed by atoms with E-state index in [9.17, 15) is 4.39 Å². The minimum atomic E-state index is -0.221. The molecule has 0 saturated carbocycles. The van der Waals surface area contributed by atoms with E-state index < -0.39 is 0 Å². The summed E-state index contributed by atoms with van der Waals surface area (Å²) in [6.07, 6.45) is 6.76. The summed E-state index contributed by atoms with van der Waals surface area (Å²) in [7, 11) is 0. The summed E-state index contributed by atoms with van der Waals surface area (Å²) in [4.78, 5) is 4.48. The lowest BCUT2D eigenvalue weighted by atomic mass is 10.1. The summed E-state index contributed by atoms with van der Waals surface area (Å²) in [5.41, 5.74) is 4.35. The first-order chi connectivity index (χ1) is 9.43. The normalized spacial score (nSPS) is 13.1. The summed E-state index contributed by atoms with van der Waals surface area (Å²) in [5.74, 6) is -0.221. The largest absolute Gasteiger partial charge is 0.257 e. The standard InChI is InChI=1S/C18H22FN/c1-6-8-13(2)11-14(3)12-15(4)20-18-10-7-9-17(19)16(18)5/h6-11H,3,12H2,1-2,4-5H3/b8-6+,13-11-,20-15+. The molecular formula is C18H22FN. The minimum Gasteiger partial charge on any atom is -0.257 e. The van der Waals surface area contributed by atoms with Crippen molar-refractivity contribution in [3.63, 3.8) is 0 Å². The van der Waals surface area contributed by atoms with Crippen molar-refractivity contribution in [2.24, 2.45) is 4.99 Å². The lowest BCUT2D eigenvalue weighted by Crippen LogP contribution is -1.93. The molecular weight excluding hydrogens is 249 g/mol. The molecule has 0 aliphatic heterocycles. The fourth-order valence-electron chi connectivity index (χ4n) is 1.97. The van der Waals surface area contributed by atoms with E-state index in [0.29, 0.717) is 17.7 Å². The molecule has 0 atom stereocenters. The molecule has 0 bridgehead atoms. The molecule has 2 heteroatoms. The van der Waals surface area contributed by atoms with Gasteiger partial charge in [0.15, 0.2) is 0 Å². The van der Waals surface area contributed by atoms with Gasteiger partial charge in [-0.25, -0.2) is 4.39 Å². The van der Waals surface area contributed by atoms with Crippen LogP contribution in [0.1, 0.15) is 32.8 Å². The van der Waals surface area contributed by atoms with Crippen molar-refractivity contribution in [1.29, 1.82) is 0 Å². The van der Waals surface area contributed by atoms with Crippen LogP contribution in [0.15, 0.2) is 59.1 Å². The monoisotopic (exact) mass is 271 g/mol. The molecule has 0 aliphatic rings. The van der Waals surface area contributed by atoms with Crippen molar-refractivity contribution >= 4 is 11.4 Å². The molecule has 0 saturated heterocycles. The van der Waals surface area contributed by atoms with Gasteiger partial charge in [0.1, 0.15) is 5.82 Å². The van der Waals surface area contributed by atoms with Gasteiger partial charge >= 0.3 is 0 Å². The first kappa shape index (κ1) is 16.1. The Morgan fingerprint density at radius 3 is 2.70 bits per heavy atom. The van der Waals surface area contributed by atoms with Crippen LogP contribution in [0.5, 0.6) is 0 Å². The fraction of sp³-hybridized carbons (Fsp3) is 0.278. The van der Waals surface area contributed by atoms with Gasteiger partial charge in [0.2, 0.25) is 0 Å². The Morgan fingerprint density at radius 1 is 1.35 bits per heavy atom. The summed E-state index contributed by atoms with van der Waals surface area (Å²) in [6.45, 7) is 11.7. The maximum Gasteiger partial charge on any atom is 0.128 e. The molecule has 0 amide bonds. The predicted octanol–water partition coefficient (Wildman–Crippen LogP) is 5.70. The van der Waals surface area contributed by atoms with Crippen LogP contribution in [0.25, 0.3) is 0 Å². The van der Waals surface area contributed by atoms with Gasteiger partial charge in [-0.05, 0) is 45.4 Å². The van der Waals surface area contributed by atoms with Crippen molar-refractivity contribution in [2.45, 2.75) is 34.1 Å². The lowest BCUT2D eigenvalue weighted by Gasteiger charge is -2.05. The maximum atomic E-state index is 13.4. The fourth-order valence-corrected chi connectivity index (χ4v) is 1.97. The van der Waals surface area contributed by atoms with Crippen molar-refractivity contribution < 1.29 is 4.39 Å². The van der Waals surface area contributed by atoms with Crippen LogP contribution < -0.4 is 0 Å². The SMILES string of the molecule is C=C(/C=C(C)\C=C\C)C/C(C)=N/c1cccc(F)c1C. The van der Waals surface area contributed by atoms with Gasteiger partial charge in [-0.1, -0.05) is 36.4 Å². The summed E-state index contributed by atoms with van der Waals surface area (Å²) < 4.78 is 13.4. The average Bonchev–Trinajstić information content (AvgIpc) is 2.34. The van der Waals surface area contributed by atoms with Gasteiger partial charge in [-0.15, -0.1) is 0 Å². The number of halogens is 1. The number of rotatable bonds is 5. The third-order valence-electron chi connectivity index (χ3n) is 2.89. The number of benzene rings is 1. The van der Waals surface area contributed by atoms with Crippen LogP contribution in [-0.4, -0.2) is 5.71 Å². The van der Waals surface area contributed by atoms with Crippen LogP contribution in [0.4, 0.5) is 10.1 Å². The molecule has 0 unspecified atom stereocenters. The number of hydrogen-bond acceptors (Lipinski definition) is 1. The molecule has 1 nitrogen and oxygen atoms in total. The van der Waals surface area contributed by atoms with Crippen molar-refractivity contribution in [3.05, 3.63) is 65.5 Å². The molecule has 0 heterocycles. The Bertz CT molecular complexity index is 577. The zero-order chi connectivity index (χ0) is 15.1. The van der Waals surface area contributed by atoms with Crippen molar-refractivity contribution in [3.8, 4) is 0 Å². The molecule has 20 heavy (non-hydrogen) atoms. The predicted molar refractivity (Wildman–Crippen MR) is 86.2 cm³/mol. The van der Waals surface area contributed by atoms with Gasteiger partial charge < -0.3 is 0 Å². The van der Waals surface area contributed by atoms with Crippen LogP contribution in [0.2, 0.25) is 0 Å². The topological polar surface area (TPSA) is 12.4 Å². The second kappa shape index (κ2) is 7.59. The van der Waals surface area contributed by atoms with Gasteiger partial charge in [0.25, 0.3) is 0 Å². The maximum absolute atomic E-state index is 13.4. The first-order valence-electron chi connectivity index (χ1n) is 6.72. The average molecular weight is 271 g/mol. The van der Waals surface area contributed by atoms with E-state index in [1.807, 2.05) is 45.1 Å². The van der Waals surface area contributed by atoms with Crippen molar-refractivity contribution in [1.82, 2.24) is 0 Å². The third kappa shape index (κ3) is 4.96. The van der Waals surface area contributed by atoms with E-state index in [0.717, 1.165) is 16.9 Å². The molecule has 0 fully saturated rings. The van der Waals surface area contributed by atoms with Crippen LogP contribution in [-0.2, 0) is 0 Å². The second-order valence-electron chi connectivity index (χ2n) is 4.95. The van der Waals surface area contributed by atoms with Gasteiger partial charge in [0.05, 0.1) is 5.69 Å². The number of allylic oxidation sites excluding steroid dienone is 5. The van der Waals surface area contributed by atoms with Crippen LogP contribution in [0, 0.1) is 12.7 Å². The van der Waals surface area contributed by atoms with Gasteiger partial charge in [-0.3, -0.25) is 4.99 Å². The Morgan fingerprint density at radius 2 is 2.05 bits per heavy atom.